The molecule has 0 saturated heterocycles. The van der Waals surface area contributed by atoms with E-state index >= 15 is 0 Å². The van der Waals surface area contributed by atoms with Gasteiger partial charge in [0.15, 0.2) is 5.01 Å². The number of carboxylic acid groups (broad SMARTS) is 2. The number of carbonyl (C=O) groups excluding carboxylic acids is 1. The molecule has 0 bridgehead atoms. The lowest BCUT2D eigenvalue weighted by Gasteiger charge is -2.18. The van der Waals surface area contributed by atoms with Crippen LogP contribution in [-0.2, 0) is 16.1 Å². The van der Waals surface area contributed by atoms with Crippen molar-refractivity contribution in [3.63, 3.8) is 0 Å². The van der Waals surface area contributed by atoms with E-state index in [0.717, 1.165) is 22.5 Å². The first-order valence-electron chi connectivity index (χ1n) is 9.97. The van der Waals surface area contributed by atoms with Crippen molar-refractivity contribution >= 4 is 45.1 Å². The second-order valence-corrected chi connectivity index (χ2v) is 8.61. The molecule has 174 valence electrons. The van der Waals surface area contributed by atoms with Crippen molar-refractivity contribution in [2.45, 2.75) is 39.3 Å². The second kappa shape index (κ2) is 9.77. The van der Waals surface area contributed by atoms with Gasteiger partial charge in [-0.25, -0.2) is 14.8 Å². The van der Waals surface area contributed by atoms with Gasteiger partial charge in [-0.2, -0.15) is 0 Å². The number of aromatic amines is 1. The summed E-state index contributed by atoms with van der Waals surface area (Å²) in [4.78, 5) is 59.7. The van der Waals surface area contributed by atoms with E-state index in [1.165, 1.54) is 6.20 Å². The number of H-pyrrole nitrogens is 1. The van der Waals surface area contributed by atoms with Gasteiger partial charge in [0.2, 0.25) is 0 Å². The van der Waals surface area contributed by atoms with Crippen molar-refractivity contribution in [2.24, 2.45) is 0 Å². The molecule has 33 heavy (non-hydrogen) atoms. The summed E-state index contributed by atoms with van der Waals surface area (Å²) in [5.41, 5.74) is 2.26. The van der Waals surface area contributed by atoms with Crippen molar-refractivity contribution < 1.29 is 24.6 Å². The molecular weight excluding hydrogens is 450 g/mol. The summed E-state index contributed by atoms with van der Waals surface area (Å²) in [6, 6.07) is 2.32. The Kier molecular flexibility index (Phi) is 7.07. The quantitative estimate of drug-likeness (QED) is 0.362. The van der Waals surface area contributed by atoms with Gasteiger partial charge in [0, 0.05) is 20.0 Å². The zero-order chi connectivity index (χ0) is 24.3. The number of nitrogens with one attached hydrogen (secondary N) is 2. The number of anilines is 1. The van der Waals surface area contributed by atoms with Gasteiger partial charge < -0.3 is 25.4 Å². The van der Waals surface area contributed by atoms with Gasteiger partial charge in [0.05, 0.1) is 17.1 Å². The number of hydrogen-bond donors (Lipinski definition) is 4. The zero-order valence-electron chi connectivity index (χ0n) is 18.2. The molecule has 0 saturated carbocycles. The molecule has 12 heteroatoms. The van der Waals surface area contributed by atoms with Gasteiger partial charge in [0.1, 0.15) is 16.9 Å². The van der Waals surface area contributed by atoms with Crippen LogP contribution in [0.5, 0.6) is 0 Å². The van der Waals surface area contributed by atoms with E-state index in [2.05, 4.69) is 20.3 Å². The molecule has 1 atom stereocenters. The SMILES string of the molecule is Cc1nc2cc(C)c(CN(C)c3cnc(C(=O)N[C@@H](CCC(=O)O)C(=O)O)s3)cc2c(=O)[nH]1. The lowest BCUT2D eigenvalue weighted by Crippen LogP contribution is -2.41. The first kappa shape index (κ1) is 23.9. The Morgan fingerprint density at radius 2 is 1.97 bits per heavy atom. The molecule has 3 rings (SSSR count). The number of carbonyl (C=O) groups is 3. The molecular formula is C21H23N5O6S. The predicted molar refractivity (Wildman–Crippen MR) is 122 cm³/mol. The van der Waals surface area contributed by atoms with Crippen molar-refractivity contribution in [2.75, 3.05) is 11.9 Å². The smallest absolute Gasteiger partial charge is 0.326 e. The molecule has 0 aliphatic rings. The molecule has 1 amide bonds. The summed E-state index contributed by atoms with van der Waals surface area (Å²) >= 11 is 1.07. The molecule has 0 spiro atoms. The largest absolute Gasteiger partial charge is 0.481 e. The highest BCUT2D eigenvalue weighted by Gasteiger charge is 2.23. The summed E-state index contributed by atoms with van der Waals surface area (Å²) in [6.45, 7) is 4.09. The van der Waals surface area contributed by atoms with E-state index < -0.39 is 23.9 Å². The number of aryl methyl sites for hydroxylation is 2. The number of benzene rings is 1. The molecule has 0 fully saturated rings. The standard InChI is InChI=1S/C21H23N5O6S/c1-10-6-15-13(18(29)24-11(2)23-15)7-12(10)9-26(3)16-8-22-20(33-16)19(30)25-14(21(31)32)4-5-17(27)28/h6-8,14H,4-5,9H2,1-3H3,(H,25,30)(H,27,28)(H,31,32)(H,23,24,29)/t14-/m0/s1. The highest BCUT2D eigenvalue weighted by atomic mass is 32.1. The minimum atomic E-state index is -1.32. The number of rotatable bonds is 9. The van der Waals surface area contributed by atoms with Crippen molar-refractivity contribution in [1.82, 2.24) is 20.3 Å². The minimum absolute atomic E-state index is 0.0600. The highest BCUT2D eigenvalue weighted by Crippen LogP contribution is 2.26. The van der Waals surface area contributed by atoms with E-state index in [-0.39, 0.29) is 23.4 Å². The minimum Gasteiger partial charge on any atom is -0.481 e. The van der Waals surface area contributed by atoms with E-state index in [1.807, 2.05) is 24.9 Å². The maximum Gasteiger partial charge on any atom is 0.326 e. The maximum atomic E-state index is 12.4. The van der Waals surface area contributed by atoms with Gasteiger partial charge in [-0.3, -0.25) is 14.4 Å². The first-order chi connectivity index (χ1) is 15.5. The summed E-state index contributed by atoms with van der Waals surface area (Å²) in [7, 11) is 1.81. The third-order valence-corrected chi connectivity index (χ3v) is 6.11. The van der Waals surface area contributed by atoms with E-state index in [1.54, 1.807) is 13.0 Å². The Morgan fingerprint density at radius 1 is 1.24 bits per heavy atom. The van der Waals surface area contributed by atoms with Crippen LogP contribution >= 0.6 is 11.3 Å². The Hall–Kier alpha value is -3.80. The Balaban J connectivity index is 1.74. The molecule has 2 aromatic heterocycles. The fourth-order valence-corrected chi connectivity index (χ4v) is 4.03. The summed E-state index contributed by atoms with van der Waals surface area (Å²) in [5.74, 6) is -2.61. The van der Waals surface area contributed by atoms with Gasteiger partial charge in [0.25, 0.3) is 11.5 Å². The number of amides is 1. The van der Waals surface area contributed by atoms with Gasteiger partial charge in [-0.1, -0.05) is 11.3 Å². The number of aromatic nitrogens is 3. The van der Waals surface area contributed by atoms with Crippen LogP contribution in [0.15, 0.2) is 23.1 Å². The topological polar surface area (TPSA) is 166 Å². The third-order valence-electron chi connectivity index (χ3n) is 5.00. The monoisotopic (exact) mass is 473 g/mol. The Morgan fingerprint density at radius 3 is 2.64 bits per heavy atom. The van der Waals surface area contributed by atoms with Crippen LogP contribution in [0.2, 0.25) is 0 Å². The third kappa shape index (κ3) is 5.71. The van der Waals surface area contributed by atoms with Crippen LogP contribution in [0.1, 0.15) is 39.6 Å². The molecule has 11 nitrogen and oxygen atoms in total. The first-order valence-corrected chi connectivity index (χ1v) is 10.8. The average Bonchev–Trinajstić information content (AvgIpc) is 3.22. The number of aliphatic carboxylic acids is 2. The van der Waals surface area contributed by atoms with Crippen LogP contribution in [0.4, 0.5) is 5.00 Å². The normalized spacial score (nSPS) is 11.8. The molecule has 3 aromatic rings. The van der Waals surface area contributed by atoms with Crippen LogP contribution in [0.3, 0.4) is 0 Å². The van der Waals surface area contributed by atoms with E-state index in [9.17, 15) is 24.3 Å². The predicted octanol–water partition coefficient (Wildman–Crippen LogP) is 1.68. The number of thiazole rings is 1. The van der Waals surface area contributed by atoms with E-state index in [0.29, 0.717) is 28.3 Å². The number of carboxylic acids is 2. The van der Waals surface area contributed by atoms with Crippen molar-refractivity contribution in [3.05, 3.63) is 50.6 Å². The molecule has 2 heterocycles. The summed E-state index contributed by atoms with van der Waals surface area (Å²) < 4.78 is 0. The Bertz CT molecular complexity index is 1280. The number of nitrogens with zero attached hydrogens (tertiary/aromatic N) is 3. The van der Waals surface area contributed by atoms with Crippen LogP contribution in [-0.4, -0.2) is 56.1 Å². The van der Waals surface area contributed by atoms with Crippen molar-refractivity contribution in [3.8, 4) is 0 Å². The van der Waals surface area contributed by atoms with Crippen LogP contribution < -0.4 is 15.8 Å². The van der Waals surface area contributed by atoms with Crippen LogP contribution in [0, 0.1) is 13.8 Å². The lowest BCUT2D eigenvalue weighted by molar-refractivity contribution is -0.140. The number of fused-ring (bicyclic) bond motifs is 1. The van der Waals surface area contributed by atoms with E-state index in [4.69, 9.17) is 5.11 Å². The molecule has 0 radical (unpaired) electrons. The maximum absolute atomic E-state index is 12.4. The summed E-state index contributed by atoms with van der Waals surface area (Å²) in [5, 5.41) is 21.5. The lowest BCUT2D eigenvalue weighted by atomic mass is 10.1. The molecule has 4 N–H and O–H groups in total. The highest BCUT2D eigenvalue weighted by molar-refractivity contribution is 7.17. The Labute approximate surface area is 192 Å². The zero-order valence-corrected chi connectivity index (χ0v) is 19.0. The number of hydrogen-bond acceptors (Lipinski definition) is 8. The average molecular weight is 474 g/mol. The van der Waals surface area contributed by atoms with Gasteiger partial charge in [-0.05, 0) is 43.5 Å². The van der Waals surface area contributed by atoms with Gasteiger partial charge >= 0.3 is 11.9 Å². The van der Waals surface area contributed by atoms with Gasteiger partial charge in [-0.15, -0.1) is 0 Å². The van der Waals surface area contributed by atoms with Crippen molar-refractivity contribution in [1.29, 1.82) is 0 Å². The fraction of sp³-hybridized carbons (Fsp3) is 0.333. The summed E-state index contributed by atoms with van der Waals surface area (Å²) in [6.07, 6.45) is 0.885. The fourth-order valence-electron chi connectivity index (χ4n) is 3.25. The van der Waals surface area contributed by atoms with Crippen LogP contribution in [0.25, 0.3) is 10.9 Å². The molecule has 0 aliphatic carbocycles. The molecule has 0 unspecified atom stereocenters. The second-order valence-electron chi connectivity index (χ2n) is 7.60. The molecule has 1 aromatic carbocycles. The molecule has 0 aliphatic heterocycles.